The normalized spacial score (nSPS) is 20.9. The van der Waals surface area contributed by atoms with Crippen LogP contribution in [0.1, 0.15) is 20.3 Å². The first kappa shape index (κ1) is 10.5. The van der Waals surface area contributed by atoms with Gasteiger partial charge in [-0.1, -0.05) is 12.2 Å². The van der Waals surface area contributed by atoms with E-state index in [9.17, 15) is 0 Å². The average Bonchev–Trinajstić information content (AvgIpc) is 2.63. The van der Waals surface area contributed by atoms with E-state index in [1.807, 2.05) is 0 Å². The fourth-order valence-electron chi connectivity index (χ4n) is 1.60. The van der Waals surface area contributed by atoms with Gasteiger partial charge >= 0.3 is 0 Å². The molecule has 2 nitrogen and oxygen atoms in total. The summed E-state index contributed by atoms with van der Waals surface area (Å²) in [6.07, 6.45) is 5.67. The fraction of sp³-hybridized carbons (Fsp3) is 0.636. The molecular weight excluding hydrogens is 164 g/mol. The van der Waals surface area contributed by atoms with Crippen molar-refractivity contribution in [2.75, 3.05) is 14.2 Å². The number of allylic oxidation sites excluding steroid dienone is 1. The summed E-state index contributed by atoms with van der Waals surface area (Å²) in [6, 6.07) is 0. The van der Waals surface area contributed by atoms with Crippen LogP contribution in [0.25, 0.3) is 0 Å². The SMILES string of the molecule is COC(C)C1=C(C(C)OC)CC=C1. The lowest BCUT2D eigenvalue weighted by molar-refractivity contribution is 0.131. The van der Waals surface area contributed by atoms with Crippen molar-refractivity contribution >= 4 is 0 Å². The minimum absolute atomic E-state index is 0.173. The van der Waals surface area contributed by atoms with Crippen LogP contribution in [0.4, 0.5) is 0 Å². The van der Waals surface area contributed by atoms with Gasteiger partial charge in [-0.3, -0.25) is 0 Å². The van der Waals surface area contributed by atoms with Crippen LogP contribution in [0, 0.1) is 0 Å². The molecule has 0 aromatic carbocycles. The molecule has 0 aliphatic heterocycles. The van der Waals surface area contributed by atoms with Crippen molar-refractivity contribution in [3.8, 4) is 0 Å². The molecule has 2 atom stereocenters. The van der Waals surface area contributed by atoms with E-state index >= 15 is 0 Å². The number of rotatable bonds is 4. The highest BCUT2D eigenvalue weighted by Gasteiger charge is 2.19. The molecule has 0 heterocycles. The molecule has 13 heavy (non-hydrogen) atoms. The molecule has 0 aromatic heterocycles. The first-order valence-corrected chi connectivity index (χ1v) is 4.65. The molecule has 0 radical (unpaired) electrons. The van der Waals surface area contributed by atoms with E-state index in [-0.39, 0.29) is 12.2 Å². The van der Waals surface area contributed by atoms with Crippen molar-refractivity contribution < 1.29 is 9.47 Å². The summed E-state index contributed by atoms with van der Waals surface area (Å²) in [7, 11) is 3.48. The van der Waals surface area contributed by atoms with Crippen LogP contribution in [-0.4, -0.2) is 26.4 Å². The monoisotopic (exact) mass is 182 g/mol. The lowest BCUT2D eigenvalue weighted by Gasteiger charge is -2.17. The molecule has 0 spiro atoms. The quantitative estimate of drug-likeness (QED) is 0.664. The third-order valence-electron chi connectivity index (χ3n) is 2.64. The van der Waals surface area contributed by atoms with Gasteiger partial charge in [-0.15, -0.1) is 0 Å². The Balaban J connectivity index is 2.80. The fourth-order valence-corrected chi connectivity index (χ4v) is 1.60. The first-order valence-electron chi connectivity index (χ1n) is 4.65. The van der Waals surface area contributed by atoms with Gasteiger partial charge in [0.25, 0.3) is 0 Å². The summed E-state index contributed by atoms with van der Waals surface area (Å²) in [5.41, 5.74) is 2.62. The Morgan fingerprint density at radius 1 is 1.15 bits per heavy atom. The molecule has 2 unspecified atom stereocenters. The van der Waals surface area contributed by atoms with Gasteiger partial charge in [-0.25, -0.2) is 0 Å². The van der Waals surface area contributed by atoms with Gasteiger partial charge in [0, 0.05) is 14.2 Å². The third-order valence-corrected chi connectivity index (χ3v) is 2.64. The van der Waals surface area contributed by atoms with Gasteiger partial charge < -0.3 is 9.47 Å². The molecule has 0 saturated heterocycles. The summed E-state index contributed by atoms with van der Waals surface area (Å²) in [5.74, 6) is 0. The predicted molar refractivity (Wildman–Crippen MR) is 53.7 cm³/mol. The third kappa shape index (κ3) is 2.20. The van der Waals surface area contributed by atoms with E-state index in [0.29, 0.717) is 0 Å². The Bertz CT molecular complexity index is 228. The Labute approximate surface area is 80.2 Å². The molecular formula is C11H18O2. The molecule has 0 amide bonds. The molecule has 2 heteroatoms. The minimum Gasteiger partial charge on any atom is -0.377 e. The van der Waals surface area contributed by atoms with Crippen LogP contribution >= 0.6 is 0 Å². The Hall–Kier alpha value is -0.600. The molecule has 0 fully saturated rings. The number of hydrogen-bond donors (Lipinski definition) is 0. The molecule has 0 N–H and O–H groups in total. The standard InChI is InChI=1S/C11H18O2/c1-8(12-3)10-6-5-7-11(10)9(2)13-4/h5-6,8-9H,7H2,1-4H3. The average molecular weight is 182 g/mol. The zero-order valence-electron chi connectivity index (χ0n) is 8.83. The van der Waals surface area contributed by atoms with Crippen molar-refractivity contribution in [2.45, 2.75) is 32.5 Å². The van der Waals surface area contributed by atoms with Gasteiger partial charge in [0.05, 0.1) is 12.2 Å². The predicted octanol–water partition coefficient (Wildman–Crippen LogP) is 2.31. The lowest BCUT2D eigenvalue weighted by atomic mass is 10.0. The number of methoxy groups -OCH3 is 2. The van der Waals surface area contributed by atoms with Crippen molar-refractivity contribution in [3.05, 3.63) is 23.3 Å². The summed E-state index contributed by atoms with van der Waals surface area (Å²) >= 11 is 0. The smallest absolute Gasteiger partial charge is 0.0793 e. The van der Waals surface area contributed by atoms with Gasteiger partial charge in [-0.05, 0) is 31.4 Å². The summed E-state index contributed by atoms with van der Waals surface area (Å²) < 4.78 is 10.6. The second kappa shape index (κ2) is 4.58. The van der Waals surface area contributed by atoms with Crippen LogP contribution < -0.4 is 0 Å². The van der Waals surface area contributed by atoms with Gasteiger partial charge in [0.15, 0.2) is 0 Å². The highest BCUT2D eigenvalue weighted by molar-refractivity contribution is 5.38. The van der Waals surface area contributed by atoms with Crippen LogP contribution in [0.15, 0.2) is 23.3 Å². The van der Waals surface area contributed by atoms with Crippen molar-refractivity contribution in [1.29, 1.82) is 0 Å². The number of hydrogen-bond acceptors (Lipinski definition) is 2. The van der Waals surface area contributed by atoms with Crippen LogP contribution in [0.3, 0.4) is 0 Å². The molecule has 0 aromatic rings. The van der Waals surface area contributed by atoms with E-state index < -0.39 is 0 Å². The molecule has 1 aliphatic carbocycles. The maximum absolute atomic E-state index is 5.31. The minimum atomic E-state index is 0.173. The Kier molecular flexibility index (Phi) is 3.70. The van der Waals surface area contributed by atoms with E-state index in [4.69, 9.17) is 9.47 Å². The van der Waals surface area contributed by atoms with E-state index in [2.05, 4.69) is 26.0 Å². The topological polar surface area (TPSA) is 18.5 Å². The molecule has 0 saturated carbocycles. The highest BCUT2D eigenvalue weighted by Crippen LogP contribution is 2.26. The van der Waals surface area contributed by atoms with Gasteiger partial charge in [0.1, 0.15) is 0 Å². The zero-order valence-corrected chi connectivity index (χ0v) is 8.83. The second-order valence-electron chi connectivity index (χ2n) is 3.34. The van der Waals surface area contributed by atoms with E-state index in [1.54, 1.807) is 14.2 Å². The highest BCUT2D eigenvalue weighted by atomic mass is 16.5. The van der Waals surface area contributed by atoms with Crippen molar-refractivity contribution in [2.24, 2.45) is 0 Å². The second-order valence-corrected chi connectivity index (χ2v) is 3.34. The molecule has 0 bridgehead atoms. The Morgan fingerprint density at radius 2 is 1.77 bits per heavy atom. The number of ether oxygens (including phenoxy) is 2. The van der Waals surface area contributed by atoms with Crippen molar-refractivity contribution in [3.63, 3.8) is 0 Å². The summed E-state index contributed by atoms with van der Waals surface area (Å²) in [4.78, 5) is 0. The lowest BCUT2D eigenvalue weighted by Crippen LogP contribution is -2.15. The maximum Gasteiger partial charge on any atom is 0.0793 e. The van der Waals surface area contributed by atoms with E-state index in [1.165, 1.54) is 11.1 Å². The van der Waals surface area contributed by atoms with Crippen LogP contribution in [0.5, 0.6) is 0 Å². The maximum atomic E-state index is 5.31. The van der Waals surface area contributed by atoms with Gasteiger partial charge in [0.2, 0.25) is 0 Å². The van der Waals surface area contributed by atoms with Crippen LogP contribution in [-0.2, 0) is 9.47 Å². The van der Waals surface area contributed by atoms with Crippen molar-refractivity contribution in [1.82, 2.24) is 0 Å². The molecule has 74 valence electrons. The molecule has 1 aliphatic rings. The van der Waals surface area contributed by atoms with Crippen LogP contribution in [0.2, 0.25) is 0 Å². The Morgan fingerprint density at radius 3 is 2.31 bits per heavy atom. The summed E-state index contributed by atoms with van der Waals surface area (Å²) in [6.45, 7) is 4.14. The zero-order chi connectivity index (χ0) is 9.84. The van der Waals surface area contributed by atoms with E-state index in [0.717, 1.165) is 6.42 Å². The summed E-state index contributed by atoms with van der Waals surface area (Å²) in [5, 5.41) is 0. The molecule has 1 rings (SSSR count). The first-order chi connectivity index (χ1) is 6.20. The largest absolute Gasteiger partial charge is 0.377 e. The van der Waals surface area contributed by atoms with Gasteiger partial charge in [-0.2, -0.15) is 0 Å².